The number of sulfonamides is 1. The molecule has 1 fully saturated rings. The van der Waals surface area contributed by atoms with E-state index in [-0.39, 0.29) is 30.1 Å². The molecule has 0 bridgehead atoms. The summed E-state index contributed by atoms with van der Waals surface area (Å²) < 4.78 is 36.8. The fourth-order valence-electron chi connectivity index (χ4n) is 2.30. The molecule has 0 aromatic heterocycles. The predicted octanol–water partition coefficient (Wildman–Crippen LogP) is 0.949. The second-order valence-corrected chi connectivity index (χ2v) is 6.69. The number of benzene rings is 1. The quantitative estimate of drug-likeness (QED) is 0.877. The zero-order valence-electron chi connectivity index (χ0n) is 10.8. The van der Waals surface area contributed by atoms with Gasteiger partial charge in [-0.1, -0.05) is 0 Å². The van der Waals surface area contributed by atoms with Crippen LogP contribution in [0.25, 0.3) is 0 Å². The van der Waals surface area contributed by atoms with Gasteiger partial charge in [-0.25, -0.2) is 8.42 Å². The van der Waals surface area contributed by atoms with Crippen molar-refractivity contribution in [2.24, 2.45) is 5.73 Å². The molecule has 0 saturated carbocycles. The van der Waals surface area contributed by atoms with Crippen LogP contribution in [-0.2, 0) is 10.0 Å². The van der Waals surface area contributed by atoms with E-state index in [1.54, 1.807) is 12.1 Å². The molecule has 0 atom stereocenters. The minimum absolute atomic E-state index is 0. The van der Waals surface area contributed by atoms with Gasteiger partial charge in [-0.3, -0.25) is 0 Å². The summed E-state index contributed by atoms with van der Waals surface area (Å²) in [5.41, 5.74) is 5.79. The van der Waals surface area contributed by atoms with Crippen LogP contribution in [0.4, 0.5) is 0 Å². The molecule has 8 heteroatoms. The smallest absolute Gasteiger partial charge is 0.243 e. The number of rotatable bonds is 2. The summed E-state index contributed by atoms with van der Waals surface area (Å²) in [4.78, 5) is 0.243. The van der Waals surface area contributed by atoms with Gasteiger partial charge in [0.15, 0.2) is 11.5 Å². The Kier molecular flexibility index (Phi) is 4.43. The van der Waals surface area contributed by atoms with E-state index in [9.17, 15) is 8.42 Å². The van der Waals surface area contributed by atoms with Gasteiger partial charge < -0.3 is 15.2 Å². The van der Waals surface area contributed by atoms with Crippen LogP contribution in [-0.4, -0.2) is 38.6 Å². The lowest BCUT2D eigenvalue weighted by Gasteiger charge is -2.29. The molecule has 2 aliphatic heterocycles. The summed E-state index contributed by atoms with van der Waals surface area (Å²) in [6.07, 6.45) is 1.40. The molecule has 0 amide bonds. The molecule has 0 aliphatic carbocycles. The number of halogens is 1. The van der Waals surface area contributed by atoms with E-state index in [1.807, 2.05) is 0 Å². The maximum absolute atomic E-state index is 12.5. The Labute approximate surface area is 124 Å². The first kappa shape index (κ1) is 15.4. The molecule has 0 spiro atoms. The number of hydrogen-bond donors (Lipinski definition) is 1. The highest BCUT2D eigenvalue weighted by atomic mass is 35.5. The van der Waals surface area contributed by atoms with Gasteiger partial charge in [0.2, 0.25) is 16.8 Å². The molecule has 2 N–H and O–H groups in total. The SMILES string of the molecule is Cl.NC1CCN(S(=O)(=O)c2ccc3c(c2)OCO3)CC1. The van der Waals surface area contributed by atoms with Gasteiger partial charge in [-0.2, -0.15) is 4.31 Å². The average Bonchev–Trinajstić information content (AvgIpc) is 2.86. The summed E-state index contributed by atoms with van der Waals surface area (Å²) in [5, 5.41) is 0. The lowest BCUT2D eigenvalue weighted by molar-refractivity contribution is 0.174. The van der Waals surface area contributed by atoms with Gasteiger partial charge in [0, 0.05) is 25.2 Å². The summed E-state index contributed by atoms with van der Waals surface area (Å²) in [6.45, 7) is 1.08. The molecule has 2 heterocycles. The highest BCUT2D eigenvalue weighted by Crippen LogP contribution is 2.34. The highest BCUT2D eigenvalue weighted by molar-refractivity contribution is 7.89. The van der Waals surface area contributed by atoms with Crippen LogP contribution in [0.2, 0.25) is 0 Å². The van der Waals surface area contributed by atoms with Crippen molar-refractivity contribution < 1.29 is 17.9 Å². The van der Waals surface area contributed by atoms with Gasteiger partial charge in [0.1, 0.15) is 0 Å². The van der Waals surface area contributed by atoms with Gasteiger partial charge in [0.25, 0.3) is 0 Å². The lowest BCUT2D eigenvalue weighted by atomic mass is 10.1. The zero-order valence-corrected chi connectivity index (χ0v) is 12.5. The first-order valence-corrected chi connectivity index (χ1v) is 7.67. The molecule has 1 saturated heterocycles. The topological polar surface area (TPSA) is 81.9 Å². The summed E-state index contributed by atoms with van der Waals surface area (Å²) in [5.74, 6) is 1.06. The van der Waals surface area contributed by atoms with Crippen molar-refractivity contribution in [1.29, 1.82) is 0 Å². The standard InChI is InChI=1S/C12H16N2O4S.ClH/c13-9-3-5-14(6-4-9)19(15,16)10-1-2-11-12(7-10)18-8-17-11;/h1-2,7,9H,3-6,8,13H2;1H. The highest BCUT2D eigenvalue weighted by Gasteiger charge is 2.29. The third-order valence-corrected chi connectivity index (χ3v) is 5.38. The first-order chi connectivity index (χ1) is 9.07. The van der Waals surface area contributed by atoms with Crippen LogP contribution in [0.15, 0.2) is 23.1 Å². The van der Waals surface area contributed by atoms with E-state index in [4.69, 9.17) is 15.2 Å². The third kappa shape index (κ3) is 2.71. The number of fused-ring (bicyclic) bond motifs is 1. The second-order valence-electron chi connectivity index (χ2n) is 4.76. The van der Waals surface area contributed by atoms with E-state index >= 15 is 0 Å². The number of piperidine rings is 1. The molecule has 112 valence electrons. The molecule has 3 rings (SSSR count). The third-order valence-electron chi connectivity index (χ3n) is 3.48. The van der Waals surface area contributed by atoms with Gasteiger partial charge in [-0.05, 0) is 25.0 Å². The Balaban J connectivity index is 0.00000147. The lowest BCUT2D eigenvalue weighted by Crippen LogP contribution is -2.42. The van der Waals surface area contributed by atoms with Gasteiger partial charge >= 0.3 is 0 Å². The van der Waals surface area contributed by atoms with Crippen molar-refractivity contribution >= 4 is 22.4 Å². The summed E-state index contributed by atoms with van der Waals surface area (Å²) >= 11 is 0. The molecule has 6 nitrogen and oxygen atoms in total. The van der Waals surface area contributed by atoms with Crippen molar-refractivity contribution in [3.05, 3.63) is 18.2 Å². The van der Waals surface area contributed by atoms with Crippen LogP contribution >= 0.6 is 12.4 Å². The molecule has 2 aliphatic rings. The number of hydrogen-bond acceptors (Lipinski definition) is 5. The number of nitrogens with zero attached hydrogens (tertiary/aromatic N) is 1. The normalized spacial score (nSPS) is 19.6. The van der Waals surface area contributed by atoms with Crippen LogP contribution in [0.3, 0.4) is 0 Å². The van der Waals surface area contributed by atoms with Crippen LogP contribution < -0.4 is 15.2 Å². The Morgan fingerprint density at radius 1 is 1.15 bits per heavy atom. The van der Waals surface area contributed by atoms with Crippen molar-refractivity contribution in [1.82, 2.24) is 4.31 Å². The minimum Gasteiger partial charge on any atom is -0.454 e. The summed E-state index contributed by atoms with van der Waals surface area (Å²) in [6, 6.07) is 4.80. The predicted molar refractivity (Wildman–Crippen MR) is 75.8 cm³/mol. The zero-order chi connectivity index (χ0) is 13.5. The molecule has 20 heavy (non-hydrogen) atoms. The Hall–Kier alpha value is -1.02. The van der Waals surface area contributed by atoms with E-state index in [1.165, 1.54) is 10.4 Å². The van der Waals surface area contributed by atoms with Crippen molar-refractivity contribution in [2.75, 3.05) is 19.9 Å². The van der Waals surface area contributed by atoms with Gasteiger partial charge in [0.05, 0.1) is 4.90 Å². The van der Waals surface area contributed by atoms with Crippen LogP contribution in [0.5, 0.6) is 11.5 Å². The Morgan fingerprint density at radius 2 is 1.80 bits per heavy atom. The van der Waals surface area contributed by atoms with Crippen molar-refractivity contribution in [3.63, 3.8) is 0 Å². The molecule has 1 aromatic carbocycles. The van der Waals surface area contributed by atoms with E-state index in [2.05, 4.69) is 0 Å². The molecule has 0 unspecified atom stereocenters. The van der Waals surface area contributed by atoms with Gasteiger partial charge in [-0.15, -0.1) is 12.4 Å². The monoisotopic (exact) mass is 320 g/mol. The average molecular weight is 321 g/mol. The van der Waals surface area contributed by atoms with Crippen LogP contribution in [0.1, 0.15) is 12.8 Å². The van der Waals surface area contributed by atoms with Crippen molar-refractivity contribution in [3.8, 4) is 11.5 Å². The Morgan fingerprint density at radius 3 is 2.50 bits per heavy atom. The maximum atomic E-state index is 12.5. The molecule has 0 radical (unpaired) electrons. The maximum Gasteiger partial charge on any atom is 0.243 e. The first-order valence-electron chi connectivity index (χ1n) is 6.23. The van der Waals surface area contributed by atoms with E-state index in [0.717, 1.165) is 0 Å². The minimum atomic E-state index is -3.46. The number of ether oxygens (including phenoxy) is 2. The second kappa shape index (κ2) is 5.77. The summed E-state index contributed by atoms with van der Waals surface area (Å²) in [7, 11) is -3.46. The fourth-order valence-corrected chi connectivity index (χ4v) is 3.79. The molecule has 1 aromatic rings. The molecular formula is C12H17ClN2O4S. The van der Waals surface area contributed by atoms with Crippen LogP contribution in [0, 0.1) is 0 Å². The molecular weight excluding hydrogens is 304 g/mol. The number of nitrogens with two attached hydrogens (primary N) is 1. The van der Waals surface area contributed by atoms with Crippen molar-refractivity contribution in [2.45, 2.75) is 23.8 Å². The van der Waals surface area contributed by atoms with E-state index < -0.39 is 10.0 Å². The largest absolute Gasteiger partial charge is 0.454 e. The Bertz CT molecular complexity index is 585. The fraction of sp³-hybridized carbons (Fsp3) is 0.500. The van der Waals surface area contributed by atoms with E-state index in [0.29, 0.717) is 37.4 Å².